The maximum Gasteiger partial charge on any atom is 0.228 e. The molecule has 0 spiro atoms. The Kier molecular flexibility index (Phi) is 4.98. The van der Waals surface area contributed by atoms with Crippen LogP contribution in [0.4, 0.5) is 0 Å². The minimum absolute atomic E-state index is 0. The van der Waals surface area contributed by atoms with E-state index in [2.05, 4.69) is 24.0 Å². The number of nitrogens with two attached hydrogens (primary N) is 1. The molecule has 0 aromatic carbocycles. The number of carbonyl (C=O) groups is 1. The Labute approximate surface area is 120 Å². The molecule has 1 unspecified atom stereocenters. The Bertz CT molecular complexity index is 444. The highest BCUT2D eigenvalue weighted by molar-refractivity contribution is 5.85. The molecule has 0 radical (unpaired) electrons. The lowest BCUT2D eigenvalue weighted by Crippen LogP contribution is -2.54. The first-order chi connectivity index (χ1) is 8.38. The summed E-state index contributed by atoms with van der Waals surface area (Å²) in [7, 11) is 0. The summed E-state index contributed by atoms with van der Waals surface area (Å²) in [6, 6.07) is 2.09. The smallest absolute Gasteiger partial charge is 0.228 e. The van der Waals surface area contributed by atoms with Crippen molar-refractivity contribution in [2.75, 3.05) is 13.1 Å². The molecule has 1 fully saturated rings. The summed E-state index contributed by atoms with van der Waals surface area (Å²) >= 11 is 0. The largest absolute Gasteiger partial charge is 0.342 e. The van der Waals surface area contributed by atoms with Gasteiger partial charge >= 0.3 is 0 Å². The molecule has 1 aromatic heterocycles. The van der Waals surface area contributed by atoms with E-state index in [4.69, 9.17) is 5.73 Å². The van der Waals surface area contributed by atoms with Gasteiger partial charge < -0.3 is 10.6 Å². The van der Waals surface area contributed by atoms with Gasteiger partial charge in [-0.3, -0.25) is 9.89 Å². The number of likely N-dealkylation sites (tertiary alicyclic amines) is 1. The van der Waals surface area contributed by atoms with Crippen LogP contribution in [-0.2, 0) is 11.2 Å². The summed E-state index contributed by atoms with van der Waals surface area (Å²) in [6.07, 6.45) is 1.24. The molecule has 2 rings (SSSR count). The second-order valence-electron chi connectivity index (χ2n) is 5.92. The SMILES string of the molecule is Cc1cc(CC(=O)N2CCC(N)C(C)(C)C2)n[nH]1.Cl. The van der Waals surface area contributed by atoms with Crippen LogP contribution < -0.4 is 5.73 Å². The molecule has 0 saturated carbocycles. The van der Waals surface area contributed by atoms with Gasteiger partial charge in [0.1, 0.15) is 0 Å². The van der Waals surface area contributed by atoms with Crippen molar-refractivity contribution >= 4 is 18.3 Å². The third kappa shape index (κ3) is 3.70. The van der Waals surface area contributed by atoms with E-state index in [1.807, 2.05) is 17.9 Å². The molecule has 1 aromatic rings. The number of aryl methyl sites for hydroxylation is 1. The maximum atomic E-state index is 12.2. The second-order valence-corrected chi connectivity index (χ2v) is 5.92. The minimum Gasteiger partial charge on any atom is -0.342 e. The molecule has 3 N–H and O–H groups in total. The zero-order valence-electron chi connectivity index (χ0n) is 11.8. The number of aromatic nitrogens is 2. The van der Waals surface area contributed by atoms with Crippen molar-refractivity contribution in [3.63, 3.8) is 0 Å². The fourth-order valence-electron chi connectivity index (χ4n) is 2.42. The fraction of sp³-hybridized carbons (Fsp3) is 0.692. The molecule has 1 amide bonds. The molecule has 6 heteroatoms. The quantitative estimate of drug-likeness (QED) is 0.860. The predicted molar refractivity (Wildman–Crippen MR) is 77.2 cm³/mol. The van der Waals surface area contributed by atoms with E-state index in [1.54, 1.807) is 0 Å². The summed E-state index contributed by atoms with van der Waals surface area (Å²) in [6.45, 7) is 7.67. The van der Waals surface area contributed by atoms with Crippen molar-refractivity contribution < 1.29 is 4.79 Å². The van der Waals surface area contributed by atoms with Crippen molar-refractivity contribution in [1.29, 1.82) is 0 Å². The Hall–Kier alpha value is -1.07. The first kappa shape index (κ1) is 16.0. The van der Waals surface area contributed by atoms with Gasteiger partial charge in [-0.05, 0) is 24.8 Å². The highest BCUT2D eigenvalue weighted by Crippen LogP contribution is 2.27. The molecular weight excluding hydrogens is 264 g/mol. The lowest BCUT2D eigenvalue weighted by Gasteiger charge is -2.42. The average Bonchev–Trinajstić information content (AvgIpc) is 2.68. The maximum absolute atomic E-state index is 12.2. The lowest BCUT2D eigenvalue weighted by atomic mass is 9.79. The van der Waals surface area contributed by atoms with Gasteiger partial charge in [0.25, 0.3) is 0 Å². The van der Waals surface area contributed by atoms with E-state index in [-0.39, 0.29) is 29.8 Å². The second kappa shape index (κ2) is 5.92. The molecule has 0 aliphatic carbocycles. The van der Waals surface area contributed by atoms with E-state index in [1.165, 1.54) is 0 Å². The molecule has 5 nitrogen and oxygen atoms in total. The van der Waals surface area contributed by atoms with Gasteiger partial charge in [-0.25, -0.2) is 0 Å². The van der Waals surface area contributed by atoms with Crippen molar-refractivity contribution in [3.8, 4) is 0 Å². The van der Waals surface area contributed by atoms with Gasteiger partial charge in [0.05, 0.1) is 12.1 Å². The zero-order chi connectivity index (χ0) is 13.3. The summed E-state index contributed by atoms with van der Waals surface area (Å²) in [4.78, 5) is 14.1. The molecule has 1 aliphatic heterocycles. The number of rotatable bonds is 2. The number of halogens is 1. The molecule has 1 atom stereocenters. The molecule has 108 valence electrons. The highest BCUT2D eigenvalue weighted by atomic mass is 35.5. The highest BCUT2D eigenvalue weighted by Gasteiger charge is 2.35. The summed E-state index contributed by atoms with van der Waals surface area (Å²) in [5, 5.41) is 6.96. The third-order valence-electron chi connectivity index (χ3n) is 3.76. The van der Waals surface area contributed by atoms with Gasteiger partial charge in [0, 0.05) is 24.8 Å². The van der Waals surface area contributed by atoms with Gasteiger partial charge in [-0.2, -0.15) is 5.10 Å². The van der Waals surface area contributed by atoms with Crippen LogP contribution in [0.5, 0.6) is 0 Å². The predicted octanol–water partition coefficient (Wildman–Crippen LogP) is 1.27. The fourth-order valence-corrected chi connectivity index (χ4v) is 2.42. The van der Waals surface area contributed by atoms with Gasteiger partial charge in [0.15, 0.2) is 0 Å². The first-order valence-electron chi connectivity index (χ1n) is 6.43. The zero-order valence-corrected chi connectivity index (χ0v) is 12.6. The number of hydrogen-bond donors (Lipinski definition) is 2. The van der Waals surface area contributed by atoms with E-state index in [0.29, 0.717) is 6.42 Å². The van der Waals surface area contributed by atoms with Crippen LogP contribution in [0.2, 0.25) is 0 Å². The number of hydrogen-bond acceptors (Lipinski definition) is 3. The Morgan fingerprint density at radius 1 is 1.63 bits per heavy atom. The van der Waals surface area contributed by atoms with Crippen LogP contribution in [0.25, 0.3) is 0 Å². The van der Waals surface area contributed by atoms with Crippen molar-refractivity contribution in [3.05, 3.63) is 17.5 Å². The molecule has 0 bridgehead atoms. The van der Waals surface area contributed by atoms with E-state index < -0.39 is 0 Å². The Morgan fingerprint density at radius 3 is 2.84 bits per heavy atom. The van der Waals surface area contributed by atoms with Crippen LogP contribution in [0.3, 0.4) is 0 Å². The van der Waals surface area contributed by atoms with E-state index in [9.17, 15) is 4.79 Å². The van der Waals surface area contributed by atoms with Gasteiger partial charge in [-0.15, -0.1) is 12.4 Å². The summed E-state index contributed by atoms with van der Waals surface area (Å²) < 4.78 is 0. The van der Waals surface area contributed by atoms with Gasteiger partial charge in [-0.1, -0.05) is 13.8 Å². The number of nitrogens with zero attached hydrogens (tertiary/aromatic N) is 2. The topological polar surface area (TPSA) is 75.0 Å². The number of H-pyrrole nitrogens is 1. The molecule has 2 heterocycles. The summed E-state index contributed by atoms with van der Waals surface area (Å²) in [5.74, 6) is 0.140. The summed E-state index contributed by atoms with van der Waals surface area (Å²) in [5.41, 5.74) is 7.87. The van der Waals surface area contributed by atoms with E-state index >= 15 is 0 Å². The normalized spacial score (nSPS) is 21.9. The molecule has 1 saturated heterocycles. The Balaban J connectivity index is 0.00000180. The third-order valence-corrected chi connectivity index (χ3v) is 3.76. The Morgan fingerprint density at radius 2 is 2.32 bits per heavy atom. The standard InChI is InChI=1S/C13H22N4O.ClH/c1-9-6-10(16-15-9)7-12(18)17-5-4-11(14)13(2,3)8-17;/h6,11H,4-5,7-8,14H2,1-3H3,(H,15,16);1H. The van der Waals surface area contributed by atoms with Crippen molar-refractivity contribution in [2.45, 2.75) is 39.7 Å². The molecular formula is C13H23ClN4O. The van der Waals surface area contributed by atoms with Crippen LogP contribution in [0.15, 0.2) is 6.07 Å². The molecule has 1 aliphatic rings. The number of nitrogens with one attached hydrogen (secondary N) is 1. The first-order valence-corrected chi connectivity index (χ1v) is 6.43. The van der Waals surface area contributed by atoms with Gasteiger partial charge in [0.2, 0.25) is 5.91 Å². The number of aromatic amines is 1. The lowest BCUT2D eigenvalue weighted by molar-refractivity contribution is -0.133. The van der Waals surface area contributed by atoms with Crippen molar-refractivity contribution in [2.24, 2.45) is 11.1 Å². The van der Waals surface area contributed by atoms with Crippen LogP contribution >= 0.6 is 12.4 Å². The monoisotopic (exact) mass is 286 g/mol. The average molecular weight is 287 g/mol. The van der Waals surface area contributed by atoms with Crippen LogP contribution in [-0.4, -0.2) is 40.1 Å². The minimum atomic E-state index is -0.00456. The number of carbonyl (C=O) groups excluding carboxylic acids is 1. The van der Waals surface area contributed by atoms with E-state index in [0.717, 1.165) is 30.9 Å². The number of amides is 1. The number of piperidine rings is 1. The van der Waals surface area contributed by atoms with Crippen molar-refractivity contribution in [1.82, 2.24) is 15.1 Å². The molecule has 19 heavy (non-hydrogen) atoms. The van der Waals surface area contributed by atoms with Crippen LogP contribution in [0, 0.1) is 12.3 Å². The van der Waals surface area contributed by atoms with Crippen LogP contribution in [0.1, 0.15) is 31.7 Å².